The normalized spacial score (nSPS) is 23.2. The molecule has 0 bridgehead atoms. The highest BCUT2D eigenvalue weighted by Crippen LogP contribution is 2.36. The molecule has 0 aromatic rings. The lowest BCUT2D eigenvalue weighted by Gasteiger charge is -2.38. The Morgan fingerprint density at radius 3 is 2.08 bits per heavy atom. The Morgan fingerprint density at radius 1 is 0.958 bits per heavy atom. The summed E-state index contributed by atoms with van der Waals surface area (Å²) >= 11 is 1.44. The Bertz CT molecular complexity index is 430. The molecular formula is C16H28ClN3O3S. The molecule has 1 N–H and O–H groups in total. The summed E-state index contributed by atoms with van der Waals surface area (Å²) < 4.78 is 5.25. The lowest BCUT2D eigenvalue weighted by molar-refractivity contribution is -0.132. The fraction of sp³-hybridized carbons (Fsp3) is 0.875. The molecule has 3 rings (SSSR count). The second-order valence-electron chi connectivity index (χ2n) is 6.79. The predicted molar refractivity (Wildman–Crippen MR) is 97.7 cm³/mol. The highest BCUT2D eigenvalue weighted by atomic mass is 35.5. The summed E-state index contributed by atoms with van der Waals surface area (Å²) in [6.07, 6.45) is 3.48. The zero-order valence-corrected chi connectivity index (χ0v) is 15.8. The Balaban J connectivity index is 0.00000208. The van der Waals surface area contributed by atoms with E-state index in [1.165, 1.54) is 18.2 Å². The van der Waals surface area contributed by atoms with Crippen LogP contribution in [0.4, 0.5) is 0 Å². The van der Waals surface area contributed by atoms with Gasteiger partial charge >= 0.3 is 0 Å². The van der Waals surface area contributed by atoms with Gasteiger partial charge in [-0.15, -0.1) is 24.2 Å². The van der Waals surface area contributed by atoms with Crippen LogP contribution in [0.5, 0.6) is 0 Å². The monoisotopic (exact) mass is 377 g/mol. The van der Waals surface area contributed by atoms with E-state index in [1.807, 2.05) is 9.80 Å². The number of hydrogen-bond donors (Lipinski definition) is 1. The van der Waals surface area contributed by atoms with Gasteiger partial charge in [0.15, 0.2) is 0 Å². The van der Waals surface area contributed by atoms with Crippen LogP contribution in [0, 0.1) is 5.41 Å². The number of hydrogen-bond acceptors (Lipinski definition) is 5. The van der Waals surface area contributed by atoms with Gasteiger partial charge in [0.25, 0.3) is 0 Å². The van der Waals surface area contributed by atoms with Crippen LogP contribution in [0.1, 0.15) is 19.3 Å². The van der Waals surface area contributed by atoms with Gasteiger partial charge in [-0.05, 0) is 31.2 Å². The van der Waals surface area contributed by atoms with E-state index in [-0.39, 0.29) is 24.2 Å². The second kappa shape index (κ2) is 9.27. The van der Waals surface area contributed by atoms with Crippen LogP contribution < -0.4 is 5.32 Å². The van der Waals surface area contributed by atoms with Crippen molar-refractivity contribution < 1.29 is 14.3 Å². The van der Waals surface area contributed by atoms with E-state index in [9.17, 15) is 9.59 Å². The SMILES string of the molecule is Cl.O=C(CSCC(=O)N1CCC2(CCNC2)CC1)N1CCOCC1. The van der Waals surface area contributed by atoms with E-state index >= 15 is 0 Å². The first kappa shape index (κ1) is 19.8. The standard InChI is InChI=1S/C16H27N3O3S.ClH/c20-14(11-23-12-15(21)19-7-9-22-10-8-19)18-5-2-16(3-6-18)1-4-17-13-16;/h17H,1-13H2;1H. The van der Waals surface area contributed by atoms with Crippen molar-refractivity contribution in [2.24, 2.45) is 5.41 Å². The molecule has 6 nitrogen and oxygen atoms in total. The lowest BCUT2D eigenvalue weighted by Crippen LogP contribution is -2.45. The van der Waals surface area contributed by atoms with Gasteiger partial charge in [0.2, 0.25) is 11.8 Å². The van der Waals surface area contributed by atoms with Gasteiger partial charge in [-0.3, -0.25) is 9.59 Å². The molecular weight excluding hydrogens is 350 g/mol. The van der Waals surface area contributed by atoms with Crippen molar-refractivity contribution in [2.45, 2.75) is 19.3 Å². The Labute approximate surface area is 154 Å². The van der Waals surface area contributed by atoms with Gasteiger partial charge in [-0.2, -0.15) is 0 Å². The number of morpholine rings is 1. The number of amides is 2. The van der Waals surface area contributed by atoms with Crippen LogP contribution in [0.25, 0.3) is 0 Å². The molecule has 0 aromatic carbocycles. The quantitative estimate of drug-likeness (QED) is 0.777. The molecule has 24 heavy (non-hydrogen) atoms. The van der Waals surface area contributed by atoms with Crippen LogP contribution in [0.2, 0.25) is 0 Å². The minimum absolute atomic E-state index is 0. The van der Waals surface area contributed by atoms with Gasteiger partial charge in [-0.1, -0.05) is 0 Å². The molecule has 3 fully saturated rings. The zero-order valence-electron chi connectivity index (χ0n) is 14.1. The number of likely N-dealkylation sites (tertiary alicyclic amines) is 1. The molecule has 8 heteroatoms. The zero-order chi connectivity index (χ0) is 16.1. The minimum Gasteiger partial charge on any atom is -0.378 e. The topological polar surface area (TPSA) is 61.9 Å². The Morgan fingerprint density at radius 2 is 1.54 bits per heavy atom. The molecule has 0 aliphatic carbocycles. The summed E-state index contributed by atoms with van der Waals surface area (Å²) in [6, 6.07) is 0. The van der Waals surface area contributed by atoms with E-state index in [0.29, 0.717) is 43.2 Å². The van der Waals surface area contributed by atoms with E-state index in [2.05, 4.69) is 5.32 Å². The maximum Gasteiger partial charge on any atom is 0.232 e. The highest BCUT2D eigenvalue weighted by molar-refractivity contribution is 8.00. The third kappa shape index (κ3) is 5.00. The second-order valence-corrected chi connectivity index (χ2v) is 7.78. The molecule has 0 saturated carbocycles. The summed E-state index contributed by atoms with van der Waals surface area (Å²) in [5, 5.41) is 3.45. The summed E-state index contributed by atoms with van der Waals surface area (Å²) in [5.74, 6) is 1.13. The summed E-state index contributed by atoms with van der Waals surface area (Å²) in [6.45, 7) is 6.58. The van der Waals surface area contributed by atoms with Gasteiger partial charge in [-0.25, -0.2) is 0 Å². The van der Waals surface area contributed by atoms with Gasteiger partial charge in [0.1, 0.15) is 0 Å². The first-order chi connectivity index (χ1) is 11.2. The fourth-order valence-corrected chi connectivity index (χ4v) is 4.49. The number of piperidine rings is 1. The van der Waals surface area contributed by atoms with Crippen LogP contribution in [-0.2, 0) is 14.3 Å². The molecule has 0 atom stereocenters. The largest absolute Gasteiger partial charge is 0.378 e. The van der Waals surface area contributed by atoms with Crippen molar-refractivity contribution in [3.63, 3.8) is 0 Å². The number of nitrogens with one attached hydrogen (secondary N) is 1. The summed E-state index contributed by atoms with van der Waals surface area (Å²) in [5.41, 5.74) is 0.441. The molecule has 3 heterocycles. The molecule has 0 radical (unpaired) electrons. The van der Waals surface area contributed by atoms with E-state index < -0.39 is 0 Å². The molecule has 3 aliphatic rings. The average Bonchev–Trinajstić information content (AvgIpc) is 3.04. The van der Waals surface area contributed by atoms with Crippen molar-refractivity contribution >= 4 is 36.0 Å². The van der Waals surface area contributed by atoms with Crippen LogP contribution >= 0.6 is 24.2 Å². The maximum absolute atomic E-state index is 12.3. The number of carbonyl (C=O) groups is 2. The number of halogens is 1. The van der Waals surface area contributed by atoms with Gasteiger partial charge < -0.3 is 19.9 Å². The number of carbonyl (C=O) groups excluding carboxylic acids is 2. The average molecular weight is 378 g/mol. The van der Waals surface area contributed by atoms with Crippen molar-refractivity contribution in [3.05, 3.63) is 0 Å². The van der Waals surface area contributed by atoms with Crippen molar-refractivity contribution in [1.82, 2.24) is 15.1 Å². The minimum atomic E-state index is 0. The molecule has 1 spiro atoms. The van der Waals surface area contributed by atoms with Gasteiger partial charge in [0.05, 0.1) is 24.7 Å². The molecule has 138 valence electrons. The summed E-state index contributed by atoms with van der Waals surface area (Å²) in [4.78, 5) is 28.2. The summed E-state index contributed by atoms with van der Waals surface area (Å²) in [7, 11) is 0. The first-order valence-electron chi connectivity index (χ1n) is 8.60. The van der Waals surface area contributed by atoms with E-state index in [4.69, 9.17) is 4.74 Å². The smallest absolute Gasteiger partial charge is 0.232 e. The third-order valence-corrected chi connectivity index (χ3v) is 6.23. The number of thioether (sulfide) groups is 1. The predicted octanol–water partition coefficient (Wildman–Crippen LogP) is 0.602. The van der Waals surface area contributed by atoms with Crippen LogP contribution in [-0.4, -0.2) is 85.6 Å². The molecule has 2 amide bonds. The van der Waals surface area contributed by atoms with Crippen molar-refractivity contribution in [2.75, 3.05) is 64.0 Å². The van der Waals surface area contributed by atoms with E-state index in [0.717, 1.165) is 39.0 Å². The van der Waals surface area contributed by atoms with Crippen LogP contribution in [0.3, 0.4) is 0 Å². The molecule has 3 saturated heterocycles. The third-order valence-electron chi connectivity index (χ3n) is 5.32. The van der Waals surface area contributed by atoms with Crippen molar-refractivity contribution in [1.29, 1.82) is 0 Å². The molecule has 0 unspecified atom stereocenters. The number of nitrogens with zero attached hydrogens (tertiary/aromatic N) is 2. The Hall–Kier alpha value is -0.500. The van der Waals surface area contributed by atoms with Crippen LogP contribution in [0.15, 0.2) is 0 Å². The van der Waals surface area contributed by atoms with Gasteiger partial charge in [0, 0.05) is 32.7 Å². The maximum atomic E-state index is 12.3. The molecule has 0 aromatic heterocycles. The lowest BCUT2D eigenvalue weighted by atomic mass is 9.78. The van der Waals surface area contributed by atoms with Crippen molar-refractivity contribution in [3.8, 4) is 0 Å². The number of rotatable bonds is 4. The first-order valence-corrected chi connectivity index (χ1v) is 9.76. The Kier molecular flexibility index (Phi) is 7.65. The van der Waals surface area contributed by atoms with E-state index in [1.54, 1.807) is 0 Å². The number of ether oxygens (including phenoxy) is 1. The molecule has 3 aliphatic heterocycles. The fourth-order valence-electron chi connectivity index (χ4n) is 3.67. The highest BCUT2D eigenvalue weighted by Gasteiger charge is 2.37.